The summed E-state index contributed by atoms with van der Waals surface area (Å²) in [5.41, 5.74) is 0.957. The van der Waals surface area contributed by atoms with Crippen LogP contribution in [0.2, 0.25) is 0 Å². The van der Waals surface area contributed by atoms with Gasteiger partial charge in [0.05, 0.1) is 24.3 Å². The lowest BCUT2D eigenvalue weighted by atomic mass is 9.93. The Balaban J connectivity index is 1.93. The molecule has 0 aromatic carbocycles. The minimum Gasteiger partial charge on any atom is -0.387 e. The zero-order valence-corrected chi connectivity index (χ0v) is 10.5. The maximum Gasteiger partial charge on any atom is 0.0958 e. The van der Waals surface area contributed by atoms with Crippen LogP contribution in [0.4, 0.5) is 0 Å². The standard InChI is InChI=1S/C13H22N2O2/c1-2-5-15-10-14-9-12(15)13(16)8-11-3-6-17-7-4-11/h9-11,13,16H,2-8H2,1H3. The van der Waals surface area contributed by atoms with Gasteiger partial charge in [0.2, 0.25) is 0 Å². The van der Waals surface area contributed by atoms with Crippen LogP contribution < -0.4 is 0 Å². The van der Waals surface area contributed by atoms with Gasteiger partial charge < -0.3 is 14.4 Å². The van der Waals surface area contributed by atoms with Crippen molar-refractivity contribution < 1.29 is 9.84 Å². The van der Waals surface area contributed by atoms with Crippen LogP contribution >= 0.6 is 0 Å². The molecule has 1 aromatic rings. The number of aliphatic hydroxyl groups excluding tert-OH is 1. The molecule has 1 unspecified atom stereocenters. The first kappa shape index (κ1) is 12.6. The van der Waals surface area contributed by atoms with Gasteiger partial charge in [-0.3, -0.25) is 0 Å². The number of hydrogen-bond donors (Lipinski definition) is 1. The highest BCUT2D eigenvalue weighted by Crippen LogP contribution is 2.27. The van der Waals surface area contributed by atoms with Gasteiger partial charge in [0.1, 0.15) is 0 Å². The van der Waals surface area contributed by atoms with E-state index in [0.29, 0.717) is 5.92 Å². The Morgan fingerprint density at radius 1 is 1.53 bits per heavy atom. The number of rotatable bonds is 5. The van der Waals surface area contributed by atoms with Gasteiger partial charge in [-0.1, -0.05) is 6.92 Å². The number of aryl methyl sites for hydroxylation is 1. The van der Waals surface area contributed by atoms with E-state index in [2.05, 4.69) is 16.5 Å². The summed E-state index contributed by atoms with van der Waals surface area (Å²) in [6, 6.07) is 0. The van der Waals surface area contributed by atoms with Gasteiger partial charge in [0.15, 0.2) is 0 Å². The maximum absolute atomic E-state index is 10.3. The van der Waals surface area contributed by atoms with Crippen molar-refractivity contribution in [3.8, 4) is 0 Å². The first-order valence-corrected chi connectivity index (χ1v) is 6.57. The van der Waals surface area contributed by atoms with Crippen LogP contribution in [0.15, 0.2) is 12.5 Å². The molecule has 0 aliphatic carbocycles. The number of hydrogen-bond acceptors (Lipinski definition) is 3. The molecular weight excluding hydrogens is 216 g/mol. The van der Waals surface area contributed by atoms with E-state index in [9.17, 15) is 5.11 Å². The van der Waals surface area contributed by atoms with Crippen LogP contribution in [-0.4, -0.2) is 27.9 Å². The highest BCUT2D eigenvalue weighted by Gasteiger charge is 2.20. The SMILES string of the molecule is CCCn1cncc1C(O)CC1CCOCC1. The van der Waals surface area contributed by atoms with Crippen molar-refractivity contribution in [3.05, 3.63) is 18.2 Å². The summed E-state index contributed by atoms with van der Waals surface area (Å²) in [5, 5.41) is 10.3. The van der Waals surface area contributed by atoms with Crippen LogP contribution in [-0.2, 0) is 11.3 Å². The van der Waals surface area contributed by atoms with E-state index in [4.69, 9.17) is 4.74 Å². The van der Waals surface area contributed by atoms with Crippen molar-refractivity contribution in [1.29, 1.82) is 0 Å². The van der Waals surface area contributed by atoms with E-state index in [1.54, 1.807) is 6.20 Å². The first-order valence-electron chi connectivity index (χ1n) is 6.57. The second kappa shape index (κ2) is 6.17. The fourth-order valence-electron chi connectivity index (χ4n) is 2.45. The minimum atomic E-state index is -0.382. The largest absolute Gasteiger partial charge is 0.387 e. The summed E-state index contributed by atoms with van der Waals surface area (Å²) in [6.07, 6.45) is 7.25. The zero-order valence-electron chi connectivity index (χ0n) is 10.5. The Bertz CT molecular complexity index is 332. The molecule has 17 heavy (non-hydrogen) atoms. The van der Waals surface area contributed by atoms with Crippen molar-refractivity contribution in [2.24, 2.45) is 5.92 Å². The van der Waals surface area contributed by atoms with E-state index in [1.807, 2.05) is 6.33 Å². The molecule has 4 nitrogen and oxygen atoms in total. The van der Waals surface area contributed by atoms with Gasteiger partial charge in [0.25, 0.3) is 0 Å². The smallest absolute Gasteiger partial charge is 0.0958 e. The highest BCUT2D eigenvalue weighted by molar-refractivity contribution is 5.03. The average Bonchev–Trinajstić information content (AvgIpc) is 2.79. The number of nitrogens with zero attached hydrogens (tertiary/aromatic N) is 2. The van der Waals surface area contributed by atoms with Crippen LogP contribution in [0, 0.1) is 5.92 Å². The Morgan fingerprint density at radius 3 is 3.00 bits per heavy atom. The molecule has 1 aromatic heterocycles. The van der Waals surface area contributed by atoms with Crippen LogP contribution in [0.3, 0.4) is 0 Å². The third-order valence-corrected chi connectivity index (χ3v) is 3.45. The molecule has 1 atom stereocenters. The quantitative estimate of drug-likeness (QED) is 0.855. The lowest BCUT2D eigenvalue weighted by Gasteiger charge is -2.24. The molecule has 0 amide bonds. The van der Waals surface area contributed by atoms with Crippen molar-refractivity contribution in [2.75, 3.05) is 13.2 Å². The Kier molecular flexibility index (Phi) is 4.57. The van der Waals surface area contributed by atoms with Gasteiger partial charge in [0, 0.05) is 19.8 Å². The van der Waals surface area contributed by atoms with Crippen LogP contribution in [0.25, 0.3) is 0 Å². The second-order valence-corrected chi connectivity index (χ2v) is 4.82. The monoisotopic (exact) mass is 238 g/mol. The van der Waals surface area contributed by atoms with E-state index >= 15 is 0 Å². The zero-order chi connectivity index (χ0) is 12.1. The van der Waals surface area contributed by atoms with E-state index < -0.39 is 0 Å². The Morgan fingerprint density at radius 2 is 2.29 bits per heavy atom. The molecule has 2 heterocycles. The van der Waals surface area contributed by atoms with Gasteiger partial charge in [-0.05, 0) is 31.6 Å². The molecule has 1 fully saturated rings. The fraction of sp³-hybridized carbons (Fsp3) is 0.769. The number of aromatic nitrogens is 2. The summed E-state index contributed by atoms with van der Waals surface area (Å²) >= 11 is 0. The molecule has 1 saturated heterocycles. The van der Waals surface area contributed by atoms with Crippen LogP contribution in [0.5, 0.6) is 0 Å². The molecule has 1 N–H and O–H groups in total. The van der Waals surface area contributed by atoms with E-state index in [-0.39, 0.29) is 6.10 Å². The molecule has 1 aliphatic rings. The molecule has 4 heteroatoms. The molecular formula is C13H22N2O2. The summed E-state index contributed by atoms with van der Waals surface area (Å²) < 4.78 is 7.39. The van der Waals surface area contributed by atoms with Crippen LogP contribution in [0.1, 0.15) is 44.4 Å². The summed E-state index contributed by atoms with van der Waals surface area (Å²) in [4.78, 5) is 4.13. The summed E-state index contributed by atoms with van der Waals surface area (Å²) in [7, 11) is 0. The number of ether oxygens (including phenoxy) is 1. The lowest BCUT2D eigenvalue weighted by Crippen LogP contribution is -2.19. The number of aliphatic hydroxyl groups is 1. The third-order valence-electron chi connectivity index (χ3n) is 3.45. The summed E-state index contributed by atoms with van der Waals surface area (Å²) in [6.45, 7) is 4.74. The van der Waals surface area contributed by atoms with E-state index in [0.717, 1.165) is 51.1 Å². The topological polar surface area (TPSA) is 47.3 Å². The fourth-order valence-corrected chi connectivity index (χ4v) is 2.45. The third kappa shape index (κ3) is 3.30. The van der Waals surface area contributed by atoms with Crippen molar-refractivity contribution in [1.82, 2.24) is 9.55 Å². The molecule has 2 rings (SSSR count). The molecule has 96 valence electrons. The van der Waals surface area contributed by atoms with Crippen molar-refractivity contribution in [2.45, 2.75) is 45.3 Å². The predicted molar refractivity (Wildman–Crippen MR) is 65.6 cm³/mol. The van der Waals surface area contributed by atoms with Crippen molar-refractivity contribution in [3.63, 3.8) is 0 Å². The first-order chi connectivity index (χ1) is 8.31. The second-order valence-electron chi connectivity index (χ2n) is 4.82. The molecule has 0 saturated carbocycles. The van der Waals surface area contributed by atoms with Gasteiger partial charge in [-0.2, -0.15) is 0 Å². The van der Waals surface area contributed by atoms with Gasteiger partial charge in [-0.15, -0.1) is 0 Å². The molecule has 0 bridgehead atoms. The number of imidazole rings is 1. The predicted octanol–water partition coefficient (Wildman–Crippen LogP) is 2.14. The Labute approximate surface area is 103 Å². The van der Waals surface area contributed by atoms with Crippen molar-refractivity contribution >= 4 is 0 Å². The maximum atomic E-state index is 10.3. The van der Waals surface area contributed by atoms with Gasteiger partial charge >= 0.3 is 0 Å². The molecule has 0 spiro atoms. The van der Waals surface area contributed by atoms with Gasteiger partial charge in [-0.25, -0.2) is 4.98 Å². The summed E-state index contributed by atoms with van der Waals surface area (Å²) in [5.74, 6) is 0.587. The molecule has 0 radical (unpaired) electrons. The minimum absolute atomic E-state index is 0.382. The normalized spacial score (nSPS) is 19.4. The lowest BCUT2D eigenvalue weighted by molar-refractivity contribution is 0.0419. The molecule has 1 aliphatic heterocycles. The highest BCUT2D eigenvalue weighted by atomic mass is 16.5. The van der Waals surface area contributed by atoms with E-state index in [1.165, 1.54) is 0 Å². The Hall–Kier alpha value is -0.870. The average molecular weight is 238 g/mol.